The van der Waals surface area contributed by atoms with Gasteiger partial charge in [-0.05, 0) is 25.0 Å². The largest absolute Gasteiger partial charge is 0.495 e. The number of aryl methyl sites for hydroxylation is 1. The van der Waals surface area contributed by atoms with Gasteiger partial charge in [-0.15, -0.1) is 0 Å². The van der Waals surface area contributed by atoms with Gasteiger partial charge in [-0.25, -0.2) is 0 Å². The second kappa shape index (κ2) is 5.85. The Morgan fingerprint density at radius 1 is 1.56 bits per heavy atom. The van der Waals surface area contributed by atoms with Crippen molar-refractivity contribution < 1.29 is 4.74 Å². The standard InChI is InChI=1S/C13H17ClN2OS/c1-4-9-7-15-13(18-9)16-11-5-8(2)10(14)6-12(11)17-3/h5-6,9H,4,7H2,1-3H3,(H,15,16). The van der Waals surface area contributed by atoms with Crippen molar-refractivity contribution in [1.82, 2.24) is 0 Å². The van der Waals surface area contributed by atoms with E-state index in [0.717, 1.165) is 35.1 Å². The summed E-state index contributed by atoms with van der Waals surface area (Å²) in [4.78, 5) is 4.49. The molecule has 0 bridgehead atoms. The molecule has 1 N–H and O–H groups in total. The van der Waals surface area contributed by atoms with E-state index >= 15 is 0 Å². The Balaban J connectivity index is 2.16. The molecule has 0 saturated heterocycles. The first-order valence-corrected chi connectivity index (χ1v) is 7.22. The van der Waals surface area contributed by atoms with Crippen molar-refractivity contribution in [3.8, 4) is 5.75 Å². The fourth-order valence-electron chi connectivity index (χ4n) is 1.74. The zero-order chi connectivity index (χ0) is 13.1. The minimum Gasteiger partial charge on any atom is -0.495 e. The van der Waals surface area contributed by atoms with Crippen molar-refractivity contribution in [1.29, 1.82) is 0 Å². The van der Waals surface area contributed by atoms with Crippen molar-refractivity contribution in [2.24, 2.45) is 4.99 Å². The molecule has 0 fully saturated rings. The number of ether oxygens (including phenoxy) is 1. The van der Waals surface area contributed by atoms with E-state index < -0.39 is 0 Å². The molecule has 0 spiro atoms. The molecule has 1 atom stereocenters. The van der Waals surface area contributed by atoms with Crippen LogP contribution in [0.2, 0.25) is 5.02 Å². The Bertz CT molecular complexity index is 476. The molecule has 0 saturated carbocycles. The molecule has 3 nitrogen and oxygen atoms in total. The lowest BCUT2D eigenvalue weighted by Gasteiger charge is -2.13. The van der Waals surface area contributed by atoms with Crippen LogP contribution in [0.3, 0.4) is 0 Å². The average molecular weight is 285 g/mol. The van der Waals surface area contributed by atoms with E-state index in [1.54, 1.807) is 18.9 Å². The van der Waals surface area contributed by atoms with Crippen molar-refractivity contribution in [3.63, 3.8) is 0 Å². The molecule has 1 unspecified atom stereocenters. The van der Waals surface area contributed by atoms with Gasteiger partial charge >= 0.3 is 0 Å². The number of halogens is 1. The molecular formula is C13H17ClN2OS. The van der Waals surface area contributed by atoms with Gasteiger partial charge in [0.15, 0.2) is 5.17 Å². The first-order valence-electron chi connectivity index (χ1n) is 5.96. The van der Waals surface area contributed by atoms with Crippen LogP contribution in [0.4, 0.5) is 5.69 Å². The summed E-state index contributed by atoms with van der Waals surface area (Å²) >= 11 is 7.87. The number of amidine groups is 1. The van der Waals surface area contributed by atoms with E-state index in [4.69, 9.17) is 16.3 Å². The number of rotatable bonds is 3. The summed E-state index contributed by atoms with van der Waals surface area (Å²) in [6, 6.07) is 3.82. The molecule has 18 heavy (non-hydrogen) atoms. The molecule has 0 amide bonds. The summed E-state index contributed by atoms with van der Waals surface area (Å²) in [5, 5.41) is 5.58. The maximum Gasteiger partial charge on any atom is 0.161 e. The van der Waals surface area contributed by atoms with Crippen LogP contribution >= 0.6 is 23.4 Å². The first kappa shape index (κ1) is 13.6. The lowest BCUT2D eigenvalue weighted by Crippen LogP contribution is -2.08. The quantitative estimate of drug-likeness (QED) is 0.912. The molecule has 0 aliphatic carbocycles. The smallest absolute Gasteiger partial charge is 0.161 e. The van der Waals surface area contributed by atoms with Gasteiger partial charge in [0.2, 0.25) is 0 Å². The molecule has 0 radical (unpaired) electrons. The fraction of sp³-hybridized carbons (Fsp3) is 0.462. The molecule has 1 aromatic rings. The van der Waals surface area contributed by atoms with Gasteiger partial charge in [0.25, 0.3) is 0 Å². The third-order valence-electron chi connectivity index (χ3n) is 2.89. The maximum atomic E-state index is 6.08. The number of hydrogen-bond donors (Lipinski definition) is 1. The third-order valence-corrected chi connectivity index (χ3v) is 4.57. The number of nitrogens with zero attached hydrogens (tertiary/aromatic N) is 1. The van der Waals surface area contributed by atoms with E-state index in [-0.39, 0.29) is 0 Å². The van der Waals surface area contributed by atoms with E-state index in [9.17, 15) is 0 Å². The highest BCUT2D eigenvalue weighted by molar-refractivity contribution is 8.15. The van der Waals surface area contributed by atoms with Crippen LogP contribution in [-0.2, 0) is 0 Å². The minimum atomic E-state index is 0.590. The predicted molar refractivity (Wildman–Crippen MR) is 80.3 cm³/mol. The molecule has 1 aliphatic rings. The number of anilines is 1. The van der Waals surface area contributed by atoms with Crippen molar-refractivity contribution in [2.75, 3.05) is 19.0 Å². The highest BCUT2D eigenvalue weighted by Crippen LogP contribution is 2.33. The number of benzene rings is 1. The maximum absolute atomic E-state index is 6.08. The molecule has 98 valence electrons. The Morgan fingerprint density at radius 2 is 2.33 bits per heavy atom. The van der Waals surface area contributed by atoms with Gasteiger partial charge in [0.05, 0.1) is 19.3 Å². The lowest BCUT2D eigenvalue weighted by atomic mass is 10.2. The van der Waals surface area contributed by atoms with Gasteiger partial charge in [-0.2, -0.15) is 0 Å². The first-order chi connectivity index (χ1) is 8.63. The zero-order valence-electron chi connectivity index (χ0n) is 10.8. The molecule has 1 aromatic carbocycles. The second-order valence-electron chi connectivity index (χ2n) is 4.22. The topological polar surface area (TPSA) is 33.6 Å². The SMILES string of the molecule is CCC1CN=C(Nc2cc(C)c(Cl)cc2OC)S1. The summed E-state index contributed by atoms with van der Waals surface area (Å²) in [5.74, 6) is 0.744. The van der Waals surface area contributed by atoms with Crippen LogP contribution in [0, 0.1) is 6.92 Å². The Labute approximate surface area is 117 Å². The number of thioether (sulfide) groups is 1. The Kier molecular flexibility index (Phi) is 4.40. The monoisotopic (exact) mass is 284 g/mol. The predicted octanol–water partition coefficient (Wildman–Crippen LogP) is 3.95. The molecule has 1 aliphatic heterocycles. The molecule has 5 heteroatoms. The normalized spacial score (nSPS) is 18.7. The minimum absolute atomic E-state index is 0.590. The van der Waals surface area contributed by atoms with Crippen LogP contribution in [0.15, 0.2) is 17.1 Å². The fourth-order valence-corrected chi connectivity index (χ4v) is 2.85. The Morgan fingerprint density at radius 3 is 2.94 bits per heavy atom. The van der Waals surface area contributed by atoms with Gasteiger partial charge < -0.3 is 10.1 Å². The second-order valence-corrected chi connectivity index (χ2v) is 5.92. The van der Waals surface area contributed by atoms with Gasteiger partial charge in [0.1, 0.15) is 5.75 Å². The lowest BCUT2D eigenvalue weighted by molar-refractivity contribution is 0.417. The third kappa shape index (κ3) is 2.93. The van der Waals surface area contributed by atoms with Crippen LogP contribution in [0.25, 0.3) is 0 Å². The number of aliphatic imine (C=N–C) groups is 1. The summed E-state index contributed by atoms with van der Waals surface area (Å²) < 4.78 is 5.33. The summed E-state index contributed by atoms with van der Waals surface area (Å²) in [6.45, 7) is 5.05. The van der Waals surface area contributed by atoms with Gasteiger partial charge in [0, 0.05) is 16.3 Å². The molecule has 1 heterocycles. The van der Waals surface area contributed by atoms with Crippen LogP contribution in [-0.4, -0.2) is 24.1 Å². The summed E-state index contributed by atoms with van der Waals surface area (Å²) in [7, 11) is 1.64. The van der Waals surface area contributed by atoms with Crippen molar-refractivity contribution in [3.05, 3.63) is 22.7 Å². The van der Waals surface area contributed by atoms with Crippen LogP contribution in [0.5, 0.6) is 5.75 Å². The van der Waals surface area contributed by atoms with Crippen LogP contribution < -0.4 is 10.1 Å². The molecular weight excluding hydrogens is 268 g/mol. The summed E-state index contributed by atoms with van der Waals surface area (Å²) in [6.07, 6.45) is 1.14. The Hall–Kier alpha value is -0.870. The molecule has 0 aromatic heterocycles. The van der Waals surface area contributed by atoms with Crippen LogP contribution in [0.1, 0.15) is 18.9 Å². The van der Waals surface area contributed by atoms with Crippen molar-refractivity contribution in [2.45, 2.75) is 25.5 Å². The zero-order valence-corrected chi connectivity index (χ0v) is 12.4. The highest BCUT2D eigenvalue weighted by atomic mass is 35.5. The summed E-state index contributed by atoms with van der Waals surface area (Å²) in [5.41, 5.74) is 1.94. The van der Waals surface area contributed by atoms with E-state index in [1.165, 1.54) is 0 Å². The number of nitrogens with one attached hydrogen (secondary N) is 1. The van der Waals surface area contributed by atoms with Crippen molar-refractivity contribution >= 4 is 34.2 Å². The number of hydrogen-bond acceptors (Lipinski definition) is 4. The average Bonchev–Trinajstić information content (AvgIpc) is 2.81. The highest BCUT2D eigenvalue weighted by Gasteiger charge is 2.19. The van der Waals surface area contributed by atoms with E-state index in [0.29, 0.717) is 10.3 Å². The van der Waals surface area contributed by atoms with E-state index in [2.05, 4.69) is 17.2 Å². The van der Waals surface area contributed by atoms with E-state index in [1.807, 2.05) is 19.1 Å². The van der Waals surface area contributed by atoms with Gasteiger partial charge in [-0.3, -0.25) is 4.99 Å². The molecule has 2 rings (SSSR count). The van der Waals surface area contributed by atoms with Gasteiger partial charge in [-0.1, -0.05) is 30.3 Å². The number of methoxy groups -OCH3 is 1.